The fourth-order valence-corrected chi connectivity index (χ4v) is 4.12. The van der Waals surface area contributed by atoms with Crippen molar-refractivity contribution in [1.29, 1.82) is 0 Å². The summed E-state index contributed by atoms with van der Waals surface area (Å²) < 4.78 is 35.3. The van der Waals surface area contributed by atoms with Gasteiger partial charge in [0.25, 0.3) is 5.91 Å². The van der Waals surface area contributed by atoms with Crippen molar-refractivity contribution in [3.8, 4) is 11.1 Å². The van der Waals surface area contributed by atoms with Crippen LogP contribution in [0.15, 0.2) is 72.5 Å². The molecule has 12 nitrogen and oxygen atoms in total. The Morgan fingerprint density at radius 1 is 1.02 bits per heavy atom. The molecular weight excluding hydrogens is 562 g/mol. The van der Waals surface area contributed by atoms with E-state index in [9.17, 15) is 23.2 Å². The molecule has 14 heteroatoms. The first-order valence-corrected chi connectivity index (χ1v) is 12.9. The van der Waals surface area contributed by atoms with Crippen molar-refractivity contribution in [1.82, 2.24) is 20.2 Å². The first-order valence-electron chi connectivity index (χ1n) is 12.9. The van der Waals surface area contributed by atoms with Gasteiger partial charge in [0.15, 0.2) is 5.88 Å². The van der Waals surface area contributed by atoms with Crippen LogP contribution in [0.4, 0.5) is 19.3 Å². The van der Waals surface area contributed by atoms with Crippen LogP contribution in [0.2, 0.25) is 0 Å². The Labute approximate surface area is 247 Å². The van der Waals surface area contributed by atoms with Gasteiger partial charge in [0.2, 0.25) is 6.41 Å². The molecule has 43 heavy (non-hydrogen) atoms. The molecule has 7 N–H and O–H groups in total. The van der Waals surface area contributed by atoms with E-state index in [2.05, 4.69) is 16.0 Å². The number of carbonyl (C=O) groups excluding carboxylic acids is 3. The van der Waals surface area contributed by atoms with Crippen molar-refractivity contribution in [3.05, 3.63) is 101 Å². The molecule has 0 saturated carbocycles. The number of nitrogens with one attached hydrogen (secondary N) is 3. The third-order valence-electron chi connectivity index (χ3n) is 6.45. The van der Waals surface area contributed by atoms with Crippen molar-refractivity contribution in [3.63, 3.8) is 0 Å². The average molecular weight is 597 g/mol. The van der Waals surface area contributed by atoms with Gasteiger partial charge in [-0.3, -0.25) is 19.2 Å². The number of allylic oxidation sites excluding steroid dienone is 2. The molecule has 0 fully saturated rings. The third kappa shape index (κ3) is 7.48. The molecule has 0 aliphatic heterocycles. The molecule has 0 spiro atoms. The maximum absolute atomic E-state index is 14.6. The Bertz CT molecular complexity index is 1520. The maximum Gasteiger partial charge on any atom is 0.318 e. The van der Waals surface area contributed by atoms with Crippen molar-refractivity contribution in [2.24, 2.45) is 11.5 Å². The summed E-state index contributed by atoms with van der Waals surface area (Å²) in [5.74, 6) is -2.29. The number of hydrogen-bond donors (Lipinski definition) is 5. The Kier molecular flexibility index (Phi) is 10.8. The van der Waals surface area contributed by atoms with Gasteiger partial charge in [0.05, 0.1) is 13.7 Å². The monoisotopic (exact) mass is 596 g/mol. The van der Waals surface area contributed by atoms with Crippen LogP contribution in [0.25, 0.3) is 11.1 Å². The molecular formula is C29H34F2N8O4. The minimum atomic E-state index is -0.853. The Balaban J connectivity index is 2.22. The molecule has 1 heterocycles. The highest BCUT2D eigenvalue weighted by Crippen LogP contribution is 2.31. The van der Waals surface area contributed by atoms with E-state index in [1.807, 2.05) is 0 Å². The SMILES string of the molecule is CNCc1c(-c2ccc(NC(=O)NC)cc2)cn(N(C=O)Cc2c(F)cccc2F)c1C(=O)N(C)/C(N)=C/C=C(\N)OC. The van der Waals surface area contributed by atoms with Crippen molar-refractivity contribution < 1.29 is 27.9 Å². The summed E-state index contributed by atoms with van der Waals surface area (Å²) in [5.41, 5.74) is 13.6. The number of rotatable bonds is 12. The number of benzene rings is 2. The predicted octanol–water partition coefficient (Wildman–Crippen LogP) is 2.52. The number of hydrogen-bond acceptors (Lipinski definition) is 7. The van der Waals surface area contributed by atoms with E-state index in [4.69, 9.17) is 16.2 Å². The van der Waals surface area contributed by atoms with Gasteiger partial charge in [-0.2, -0.15) is 0 Å². The normalized spacial score (nSPS) is 11.6. The van der Waals surface area contributed by atoms with Crippen molar-refractivity contribution >= 4 is 24.0 Å². The molecule has 0 saturated heterocycles. The van der Waals surface area contributed by atoms with Gasteiger partial charge in [0, 0.05) is 55.3 Å². The summed E-state index contributed by atoms with van der Waals surface area (Å²) in [4.78, 5) is 39.3. The van der Waals surface area contributed by atoms with Crippen LogP contribution in [-0.4, -0.2) is 56.2 Å². The number of halogens is 2. The summed E-state index contributed by atoms with van der Waals surface area (Å²) in [6.45, 7) is -0.358. The first-order chi connectivity index (χ1) is 20.6. The minimum absolute atomic E-state index is 0.00265. The zero-order chi connectivity index (χ0) is 31.7. The third-order valence-corrected chi connectivity index (χ3v) is 6.45. The highest BCUT2D eigenvalue weighted by atomic mass is 19.1. The number of ether oxygens (including phenoxy) is 1. The first kappa shape index (κ1) is 32.1. The van der Waals surface area contributed by atoms with Crippen LogP contribution in [-0.2, 0) is 22.6 Å². The van der Waals surface area contributed by atoms with Crippen LogP contribution in [0.5, 0.6) is 0 Å². The standard InChI is InChI=1S/C29H34F2N8O4/c1-34-14-20-21(18-8-10-19(11-9-18)36-29(42)35-2)16-39(38(17-40)15-22-23(30)6-5-7-24(22)31)27(20)28(41)37(3)25(32)12-13-26(33)43-4/h5-13,16-17,34H,14-15,32-33H2,1-4H3,(H2,35,36,42)/b25-12+,26-13+. The van der Waals surface area contributed by atoms with Gasteiger partial charge in [-0.25, -0.2) is 18.6 Å². The molecule has 2 aromatic carbocycles. The van der Waals surface area contributed by atoms with E-state index in [0.717, 1.165) is 22.0 Å². The summed E-state index contributed by atoms with van der Waals surface area (Å²) >= 11 is 0. The number of nitrogens with zero attached hydrogens (tertiary/aromatic N) is 3. The quantitative estimate of drug-likeness (QED) is 0.122. The van der Waals surface area contributed by atoms with Gasteiger partial charge < -0.3 is 32.2 Å². The number of aromatic nitrogens is 1. The van der Waals surface area contributed by atoms with Crippen LogP contribution < -0.4 is 32.4 Å². The molecule has 4 amide bonds. The van der Waals surface area contributed by atoms with E-state index in [1.54, 1.807) is 31.3 Å². The van der Waals surface area contributed by atoms with Crippen LogP contribution in [0.1, 0.15) is 21.6 Å². The van der Waals surface area contributed by atoms with E-state index < -0.39 is 30.1 Å². The van der Waals surface area contributed by atoms with Gasteiger partial charge >= 0.3 is 6.03 Å². The molecule has 0 aliphatic carbocycles. The lowest BCUT2D eigenvalue weighted by Crippen LogP contribution is -2.39. The van der Waals surface area contributed by atoms with Gasteiger partial charge in [-0.1, -0.05) is 18.2 Å². The van der Waals surface area contributed by atoms with Crippen LogP contribution in [0, 0.1) is 11.6 Å². The van der Waals surface area contributed by atoms with E-state index in [-0.39, 0.29) is 29.5 Å². The topological polar surface area (TPSA) is 160 Å². The molecule has 0 bridgehead atoms. The minimum Gasteiger partial charge on any atom is -0.483 e. The van der Waals surface area contributed by atoms with E-state index in [1.165, 1.54) is 50.3 Å². The fourth-order valence-electron chi connectivity index (χ4n) is 4.12. The van der Waals surface area contributed by atoms with Crippen LogP contribution in [0.3, 0.4) is 0 Å². The lowest BCUT2D eigenvalue weighted by Gasteiger charge is -2.25. The van der Waals surface area contributed by atoms with Gasteiger partial charge in [0.1, 0.15) is 23.1 Å². The molecule has 0 unspecified atom stereocenters. The number of methoxy groups -OCH3 is 1. The molecule has 3 aromatic rings. The Morgan fingerprint density at radius 2 is 1.67 bits per heavy atom. The lowest BCUT2D eigenvalue weighted by molar-refractivity contribution is -0.108. The summed E-state index contributed by atoms with van der Waals surface area (Å²) in [7, 11) is 5.96. The van der Waals surface area contributed by atoms with Gasteiger partial charge in [-0.15, -0.1) is 0 Å². The van der Waals surface area contributed by atoms with Crippen molar-refractivity contribution in [2.45, 2.75) is 13.1 Å². The predicted molar refractivity (Wildman–Crippen MR) is 159 cm³/mol. The second-order valence-corrected chi connectivity index (χ2v) is 9.16. The molecule has 1 aromatic heterocycles. The number of nitrogens with two attached hydrogens (primary N) is 2. The average Bonchev–Trinajstić information content (AvgIpc) is 3.37. The highest BCUT2D eigenvalue weighted by Gasteiger charge is 2.29. The van der Waals surface area contributed by atoms with E-state index in [0.29, 0.717) is 28.8 Å². The molecule has 0 aliphatic rings. The number of amides is 4. The zero-order valence-corrected chi connectivity index (χ0v) is 24.2. The molecule has 228 valence electrons. The summed E-state index contributed by atoms with van der Waals surface area (Å²) in [5, 5.41) is 9.14. The second-order valence-electron chi connectivity index (χ2n) is 9.16. The highest BCUT2D eigenvalue weighted by molar-refractivity contribution is 5.98. The van der Waals surface area contributed by atoms with Crippen LogP contribution >= 0.6 is 0 Å². The number of anilines is 1. The molecule has 0 atom stereocenters. The second kappa shape index (κ2) is 14.5. The number of carbonyl (C=O) groups is 3. The number of urea groups is 1. The summed E-state index contributed by atoms with van der Waals surface area (Å²) in [6.07, 6.45) is 4.62. The fraction of sp³-hybridized carbons (Fsp3) is 0.207. The Morgan fingerprint density at radius 3 is 2.23 bits per heavy atom. The molecule has 0 radical (unpaired) electrons. The van der Waals surface area contributed by atoms with E-state index >= 15 is 0 Å². The lowest BCUT2D eigenvalue weighted by atomic mass is 10.0. The largest absolute Gasteiger partial charge is 0.483 e. The summed E-state index contributed by atoms with van der Waals surface area (Å²) in [6, 6.07) is 9.73. The maximum atomic E-state index is 14.6. The smallest absolute Gasteiger partial charge is 0.318 e. The molecule has 3 rings (SSSR count). The zero-order valence-electron chi connectivity index (χ0n) is 24.2. The Hall–Kier alpha value is -5.37. The van der Waals surface area contributed by atoms with Crippen molar-refractivity contribution in [2.75, 3.05) is 38.6 Å². The van der Waals surface area contributed by atoms with Gasteiger partial charge in [-0.05, 0) is 43.0 Å².